The van der Waals surface area contributed by atoms with Gasteiger partial charge in [0.05, 0.1) is 16.3 Å². The molecule has 1 aliphatic rings. The van der Waals surface area contributed by atoms with Gasteiger partial charge in [-0.1, -0.05) is 40.9 Å². The van der Waals surface area contributed by atoms with E-state index in [1.807, 2.05) is 12.1 Å². The first-order valence-corrected chi connectivity index (χ1v) is 9.61. The molecule has 1 aliphatic heterocycles. The highest BCUT2D eigenvalue weighted by Gasteiger charge is 2.39. The van der Waals surface area contributed by atoms with Crippen LogP contribution in [0.5, 0.6) is 0 Å². The lowest BCUT2D eigenvalue weighted by atomic mass is 10.1. The molecule has 2 aromatic rings. The van der Waals surface area contributed by atoms with Crippen molar-refractivity contribution in [2.45, 2.75) is 13.8 Å². The predicted octanol–water partition coefficient (Wildman–Crippen LogP) is 5.36. The Kier molecular flexibility index (Phi) is 5.80. The average Bonchev–Trinajstić information content (AvgIpc) is 2.87. The summed E-state index contributed by atoms with van der Waals surface area (Å²) in [6.07, 6.45) is 0. The van der Waals surface area contributed by atoms with E-state index >= 15 is 0 Å². The molecule has 7 heteroatoms. The average molecular weight is 424 g/mol. The third-order valence-electron chi connectivity index (χ3n) is 4.46. The summed E-state index contributed by atoms with van der Waals surface area (Å²) in [4.78, 5) is 28.8. The first-order valence-electron chi connectivity index (χ1n) is 8.48. The van der Waals surface area contributed by atoms with Crippen LogP contribution in [0.25, 0.3) is 5.57 Å². The molecular weight excluding hydrogens is 407 g/mol. The highest BCUT2D eigenvalue weighted by atomic mass is 35.5. The van der Waals surface area contributed by atoms with Crippen molar-refractivity contribution >= 4 is 63.6 Å². The minimum Gasteiger partial charge on any atom is -0.372 e. The van der Waals surface area contributed by atoms with E-state index in [0.717, 1.165) is 23.7 Å². The number of carbonyl (C=O) groups is 2. The fraction of sp³-hybridized carbons (Fsp3) is 0.200. The number of amides is 2. The highest BCUT2D eigenvalue weighted by molar-refractivity contribution is 6.60. The van der Waals surface area contributed by atoms with Crippen molar-refractivity contribution in [3.8, 4) is 0 Å². The van der Waals surface area contributed by atoms with Gasteiger partial charge in [0.1, 0.15) is 5.03 Å². The Morgan fingerprint density at radius 2 is 1.52 bits per heavy atom. The maximum Gasteiger partial charge on any atom is 0.277 e. The van der Waals surface area contributed by atoms with Gasteiger partial charge in [0, 0.05) is 29.4 Å². The summed E-state index contributed by atoms with van der Waals surface area (Å²) in [5.74, 6) is -1.08. The molecule has 0 saturated heterocycles. The highest BCUT2D eigenvalue weighted by Crippen LogP contribution is 2.38. The lowest BCUT2D eigenvalue weighted by Crippen LogP contribution is -2.31. The van der Waals surface area contributed by atoms with E-state index in [-0.39, 0.29) is 15.6 Å². The number of halogens is 3. The van der Waals surface area contributed by atoms with Crippen LogP contribution in [0.2, 0.25) is 10.0 Å². The number of rotatable bonds is 5. The Morgan fingerprint density at radius 3 is 2.07 bits per heavy atom. The molecule has 0 aromatic heterocycles. The van der Waals surface area contributed by atoms with Gasteiger partial charge in [-0.2, -0.15) is 0 Å². The van der Waals surface area contributed by atoms with Gasteiger partial charge in [0.25, 0.3) is 11.8 Å². The zero-order chi connectivity index (χ0) is 19.7. The van der Waals surface area contributed by atoms with Crippen LogP contribution in [0.1, 0.15) is 19.4 Å². The predicted molar refractivity (Wildman–Crippen MR) is 112 cm³/mol. The first-order chi connectivity index (χ1) is 12.9. The Balaban J connectivity index is 1.96. The third kappa shape index (κ3) is 3.57. The molecular formula is C20H17Cl3N2O2. The lowest BCUT2D eigenvalue weighted by molar-refractivity contribution is -0.119. The standard InChI is InChI=1S/C20H17Cl3N2O2/c1-3-24(4-2)13-6-8-14(9-7-13)25-19(26)17(18(23)20(25)27)15-10-5-12(21)11-16(15)22/h5-11H,3-4H2,1-2H3. The Hall–Kier alpha value is -2.01. The maximum atomic E-state index is 13.0. The van der Waals surface area contributed by atoms with Gasteiger partial charge < -0.3 is 4.90 Å². The van der Waals surface area contributed by atoms with E-state index in [2.05, 4.69) is 18.7 Å². The van der Waals surface area contributed by atoms with Crippen LogP contribution in [0, 0.1) is 0 Å². The summed E-state index contributed by atoms with van der Waals surface area (Å²) in [5.41, 5.74) is 1.94. The van der Waals surface area contributed by atoms with Crippen molar-refractivity contribution in [3.63, 3.8) is 0 Å². The monoisotopic (exact) mass is 422 g/mol. The summed E-state index contributed by atoms with van der Waals surface area (Å²) in [6, 6.07) is 11.9. The zero-order valence-corrected chi connectivity index (χ0v) is 17.1. The fourth-order valence-electron chi connectivity index (χ4n) is 3.06. The van der Waals surface area contributed by atoms with Gasteiger partial charge in [0.15, 0.2) is 0 Å². The molecule has 27 heavy (non-hydrogen) atoms. The van der Waals surface area contributed by atoms with E-state index in [1.54, 1.807) is 24.3 Å². The lowest BCUT2D eigenvalue weighted by Gasteiger charge is -2.22. The van der Waals surface area contributed by atoms with E-state index in [4.69, 9.17) is 34.8 Å². The molecule has 2 amide bonds. The number of hydrogen-bond acceptors (Lipinski definition) is 3. The molecule has 0 radical (unpaired) electrons. The molecule has 3 rings (SSSR count). The molecule has 0 spiro atoms. The normalized spacial score (nSPS) is 14.3. The number of nitrogens with zero attached hydrogens (tertiary/aromatic N) is 2. The number of imide groups is 1. The third-order valence-corrected chi connectivity index (χ3v) is 5.36. The van der Waals surface area contributed by atoms with E-state index < -0.39 is 11.8 Å². The Morgan fingerprint density at radius 1 is 0.889 bits per heavy atom. The molecule has 0 aliphatic carbocycles. The zero-order valence-electron chi connectivity index (χ0n) is 14.8. The van der Waals surface area contributed by atoms with Crippen LogP contribution >= 0.6 is 34.8 Å². The van der Waals surface area contributed by atoms with Crippen LogP contribution in [0.15, 0.2) is 47.5 Å². The first kappa shape index (κ1) is 19.7. The van der Waals surface area contributed by atoms with Gasteiger partial charge >= 0.3 is 0 Å². The topological polar surface area (TPSA) is 40.6 Å². The minimum atomic E-state index is -0.571. The maximum absolute atomic E-state index is 13.0. The molecule has 0 bridgehead atoms. The molecule has 0 fully saturated rings. The van der Waals surface area contributed by atoms with Crippen molar-refractivity contribution in [2.24, 2.45) is 0 Å². The summed E-state index contributed by atoms with van der Waals surface area (Å²) in [6.45, 7) is 5.86. The quantitative estimate of drug-likeness (QED) is 0.608. The summed E-state index contributed by atoms with van der Waals surface area (Å²) in [7, 11) is 0. The van der Waals surface area contributed by atoms with Gasteiger partial charge in [-0.15, -0.1) is 0 Å². The fourth-order valence-corrected chi connectivity index (χ4v) is 3.83. The van der Waals surface area contributed by atoms with Crippen LogP contribution in [-0.4, -0.2) is 24.9 Å². The van der Waals surface area contributed by atoms with Gasteiger partial charge in [-0.05, 0) is 50.2 Å². The van der Waals surface area contributed by atoms with Gasteiger partial charge in [0.2, 0.25) is 0 Å². The summed E-state index contributed by atoms with van der Waals surface area (Å²) < 4.78 is 0. The van der Waals surface area contributed by atoms with Crippen molar-refractivity contribution in [3.05, 3.63) is 63.1 Å². The number of hydrogen-bond donors (Lipinski definition) is 0. The number of anilines is 2. The number of benzene rings is 2. The van der Waals surface area contributed by atoms with Crippen molar-refractivity contribution in [1.29, 1.82) is 0 Å². The largest absolute Gasteiger partial charge is 0.372 e. The SMILES string of the molecule is CCN(CC)c1ccc(N2C(=O)C(Cl)=C(c3ccc(Cl)cc3Cl)C2=O)cc1. The Labute approximate surface area is 172 Å². The van der Waals surface area contributed by atoms with Crippen LogP contribution in [0.3, 0.4) is 0 Å². The molecule has 2 aromatic carbocycles. The second kappa shape index (κ2) is 7.93. The second-order valence-electron chi connectivity index (χ2n) is 5.95. The minimum absolute atomic E-state index is 0.0798. The Bertz CT molecular complexity index is 935. The van der Waals surface area contributed by atoms with Crippen LogP contribution < -0.4 is 9.80 Å². The molecule has 1 heterocycles. The van der Waals surface area contributed by atoms with E-state index in [9.17, 15) is 9.59 Å². The van der Waals surface area contributed by atoms with Crippen molar-refractivity contribution in [2.75, 3.05) is 22.9 Å². The van der Waals surface area contributed by atoms with Crippen molar-refractivity contribution in [1.82, 2.24) is 0 Å². The van der Waals surface area contributed by atoms with E-state index in [1.165, 1.54) is 6.07 Å². The smallest absolute Gasteiger partial charge is 0.277 e. The molecule has 0 saturated carbocycles. The summed E-state index contributed by atoms with van der Waals surface area (Å²) >= 11 is 18.3. The van der Waals surface area contributed by atoms with Crippen LogP contribution in [0.4, 0.5) is 11.4 Å². The molecule has 0 atom stereocenters. The summed E-state index contributed by atoms with van der Waals surface area (Å²) in [5, 5.41) is 0.536. The van der Waals surface area contributed by atoms with E-state index in [0.29, 0.717) is 16.3 Å². The molecule has 0 N–H and O–H groups in total. The molecule has 4 nitrogen and oxygen atoms in total. The molecule has 0 unspecified atom stereocenters. The van der Waals surface area contributed by atoms with Gasteiger partial charge in [-0.25, -0.2) is 4.90 Å². The second-order valence-corrected chi connectivity index (χ2v) is 7.17. The van der Waals surface area contributed by atoms with Crippen molar-refractivity contribution < 1.29 is 9.59 Å². The van der Waals surface area contributed by atoms with Crippen LogP contribution in [-0.2, 0) is 9.59 Å². The molecule has 140 valence electrons. The number of carbonyl (C=O) groups excluding carboxylic acids is 2. The van der Waals surface area contributed by atoms with Gasteiger partial charge in [-0.3, -0.25) is 9.59 Å².